The predicted molar refractivity (Wildman–Crippen MR) is 119 cm³/mol. The number of phenolic OH excluding ortho intramolecular Hbond substituents is 1. The van der Waals surface area contributed by atoms with Crippen molar-refractivity contribution in [1.29, 1.82) is 0 Å². The molecule has 176 valence electrons. The number of nitrogens with two attached hydrogens (primary N) is 1. The van der Waals surface area contributed by atoms with Crippen LogP contribution in [0.15, 0.2) is 29.0 Å². The van der Waals surface area contributed by atoms with Crippen LogP contribution in [0.5, 0.6) is 5.75 Å². The van der Waals surface area contributed by atoms with E-state index in [0.717, 1.165) is 17.0 Å². The van der Waals surface area contributed by atoms with Crippen LogP contribution in [-0.2, 0) is 20.8 Å². The lowest BCUT2D eigenvalue weighted by Gasteiger charge is -2.50. The Bertz CT molecular complexity index is 1400. The number of primary amides is 1. The van der Waals surface area contributed by atoms with Gasteiger partial charge in [-0.05, 0) is 50.6 Å². The molecule has 4 atom stereocenters. The third kappa shape index (κ3) is 2.90. The van der Waals surface area contributed by atoms with Gasteiger partial charge in [0.25, 0.3) is 5.91 Å². The first-order valence-corrected chi connectivity index (χ1v) is 9.94. The maximum Gasteiger partial charge on any atom is 0.255 e. The third-order valence-corrected chi connectivity index (χ3v) is 6.59. The first-order valence-electron chi connectivity index (χ1n) is 13.4. The molecule has 0 saturated heterocycles. The van der Waals surface area contributed by atoms with Gasteiger partial charge in [0.05, 0.1) is 13.0 Å². The molecule has 0 unspecified atom stereocenters. The fourth-order valence-electron chi connectivity index (χ4n) is 5.20. The number of benzene rings is 1. The molecule has 0 radical (unpaired) electrons. The smallest absolute Gasteiger partial charge is 0.255 e. The van der Waals surface area contributed by atoms with E-state index in [0.29, 0.717) is 0 Å². The number of nitrogens with zero attached hydrogens (tertiary/aromatic N) is 2. The number of carbonyl (C=O) groups is 3. The van der Waals surface area contributed by atoms with Crippen LogP contribution in [-0.4, -0.2) is 82.5 Å². The van der Waals surface area contributed by atoms with E-state index in [-0.39, 0.29) is 16.9 Å². The largest absolute Gasteiger partial charge is 0.508 e. The van der Waals surface area contributed by atoms with Crippen LogP contribution in [0.3, 0.4) is 0 Å². The van der Waals surface area contributed by atoms with E-state index >= 15 is 0 Å². The van der Waals surface area contributed by atoms with Crippen molar-refractivity contribution >= 4 is 28.9 Å². The summed E-state index contributed by atoms with van der Waals surface area (Å²) in [5.41, 5.74) is -0.478. The maximum absolute atomic E-state index is 13.9. The summed E-state index contributed by atoms with van der Waals surface area (Å²) in [6, 6.07) is -0.532. The Kier molecular flexibility index (Phi) is 3.43. The van der Waals surface area contributed by atoms with Gasteiger partial charge in [-0.15, -0.1) is 0 Å². The molecule has 3 aliphatic carbocycles. The van der Waals surface area contributed by atoms with Crippen LogP contribution in [0.2, 0.25) is 0 Å². The zero-order valence-corrected chi connectivity index (χ0v) is 17.7. The number of aliphatic hydroxyl groups excluding tert-OH is 2. The molecule has 4 rings (SSSR count). The van der Waals surface area contributed by atoms with Crippen molar-refractivity contribution in [1.82, 2.24) is 4.90 Å². The third-order valence-electron chi connectivity index (χ3n) is 6.59. The fraction of sp³-hybridized carbons (Fsp3) is 0.435. The average Bonchev–Trinajstić information content (AvgIpc) is 2.79. The number of likely N-dealkylation sites (N-methyl/N-ethyl adjacent to an activating group) is 1. The summed E-state index contributed by atoms with van der Waals surface area (Å²) in [6.07, 6.45) is -0.800. The van der Waals surface area contributed by atoms with Crippen molar-refractivity contribution in [2.45, 2.75) is 24.5 Å². The Morgan fingerprint density at radius 1 is 1.24 bits per heavy atom. The number of hydrogen-bond acceptors (Lipinski definition) is 9. The molecule has 33 heavy (non-hydrogen) atoms. The normalized spacial score (nSPS) is 35.2. The summed E-state index contributed by atoms with van der Waals surface area (Å²) >= 11 is 0. The number of aromatic hydroxyl groups is 1. The number of aliphatic hydroxyl groups is 3. The molecule has 3 aliphatic rings. The number of rotatable bonds is 3. The number of Topliss-reactive ketones (excluding diaryl/α,β-unsaturated/α-hetero) is 2. The number of amides is 1. The standard InChI is InChI=1S/C23H27N3O7/c1-25(2)12-5-6-13(27)15-10(12)7-9-8-11-17(26(3)4)19(29)16(22(24)32)21(31)23(11,33)20(30)14(9)18(15)28/h5-6,9,11,17,27-28,31,33H,7-8H2,1-4H3,(H2,24,32)/t9-,11-,17-,23-/m0/s1/i1D3,2D3,17D. The first-order chi connectivity index (χ1) is 18.1. The Labute approximate surface area is 200 Å². The highest BCUT2D eigenvalue weighted by atomic mass is 16.3. The number of fused-ring (bicyclic) bond motifs is 3. The molecular weight excluding hydrogens is 430 g/mol. The van der Waals surface area contributed by atoms with Crippen LogP contribution in [0.4, 0.5) is 5.69 Å². The first kappa shape index (κ1) is 15.5. The Morgan fingerprint density at radius 2 is 1.91 bits per heavy atom. The molecular formula is C23H27N3O7. The number of hydrogen-bond donors (Lipinski definition) is 5. The molecule has 1 saturated carbocycles. The molecule has 1 aromatic carbocycles. The van der Waals surface area contributed by atoms with Crippen molar-refractivity contribution in [2.24, 2.45) is 17.6 Å². The van der Waals surface area contributed by atoms with Gasteiger partial charge in [-0.3, -0.25) is 19.3 Å². The van der Waals surface area contributed by atoms with Crippen LogP contribution < -0.4 is 10.6 Å². The average molecular weight is 465 g/mol. The van der Waals surface area contributed by atoms with Crippen molar-refractivity contribution < 1.29 is 44.4 Å². The van der Waals surface area contributed by atoms with E-state index in [1.54, 1.807) is 0 Å². The molecule has 0 aliphatic heterocycles. The second-order valence-corrected chi connectivity index (χ2v) is 8.54. The second kappa shape index (κ2) is 7.32. The highest BCUT2D eigenvalue weighted by Gasteiger charge is 2.64. The van der Waals surface area contributed by atoms with E-state index in [2.05, 4.69) is 0 Å². The zero-order chi connectivity index (χ0) is 30.5. The summed E-state index contributed by atoms with van der Waals surface area (Å²) in [4.78, 5) is 40.4. The topological polar surface area (TPSA) is 165 Å². The van der Waals surface area contributed by atoms with Crippen LogP contribution in [0.1, 0.15) is 27.1 Å². The molecule has 0 bridgehead atoms. The Hall–Kier alpha value is -3.37. The van der Waals surface area contributed by atoms with Crippen molar-refractivity contribution in [3.63, 3.8) is 0 Å². The van der Waals surface area contributed by atoms with Gasteiger partial charge in [0.2, 0.25) is 5.78 Å². The lowest BCUT2D eigenvalue weighted by Crippen LogP contribution is -2.65. The second-order valence-electron chi connectivity index (χ2n) is 8.54. The molecule has 0 heterocycles. The summed E-state index contributed by atoms with van der Waals surface area (Å²) < 4.78 is 55.8. The molecule has 6 N–H and O–H groups in total. The number of carbonyl (C=O) groups excluding carboxylic acids is 3. The summed E-state index contributed by atoms with van der Waals surface area (Å²) in [5, 5.41) is 44.4. The van der Waals surface area contributed by atoms with E-state index in [4.69, 9.17) is 15.3 Å². The minimum absolute atomic E-state index is 0.142. The van der Waals surface area contributed by atoms with Crippen molar-refractivity contribution in [2.75, 3.05) is 32.9 Å². The summed E-state index contributed by atoms with van der Waals surface area (Å²) in [5.74, 6) is -9.93. The molecule has 0 aromatic heterocycles. The lowest BCUT2D eigenvalue weighted by molar-refractivity contribution is -0.153. The van der Waals surface area contributed by atoms with Crippen molar-refractivity contribution in [3.8, 4) is 5.75 Å². The van der Waals surface area contributed by atoms with E-state index in [1.165, 1.54) is 14.1 Å². The van der Waals surface area contributed by atoms with Crippen molar-refractivity contribution in [3.05, 3.63) is 40.2 Å². The van der Waals surface area contributed by atoms with Gasteiger partial charge < -0.3 is 31.1 Å². The van der Waals surface area contributed by atoms with Gasteiger partial charge >= 0.3 is 0 Å². The molecule has 1 fully saturated rings. The summed E-state index contributed by atoms with van der Waals surface area (Å²) in [7, 11) is 2.55. The van der Waals surface area contributed by atoms with E-state index < -0.39 is 101 Å². The van der Waals surface area contributed by atoms with Gasteiger partial charge in [-0.2, -0.15) is 0 Å². The molecule has 1 aromatic rings. The van der Waals surface area contributed by atoms with Crippen LogP contribution >= 0.6 is 0 Å². The highest BCUT2D eigenvalue weighted by Crippen LogP contribution is 2.53. The summed E-state index contributed by atoms with van der Waals surface area (Å²) in [6.45, 7) is -6.39. The van der Waals surface area contributed by atoms with Crippen LogP contribution in [0.25, 0.3) is 5.76 Å². The number of ketones is 2. The van der Waals surface area contributed by atoms with Gasteiger partial charge in [0.1, 0.15) is 22.8 Å². The minimum atomic E-state index is -3.20. The zero-order valence-electron chi connectivity index (χ0n) is 24.7. The highest BCUT2D eigenvalue weighted by molar-refractivity contribution is 6.24. The van der Waals surface area contributed by atoms with Gasteiger partial charge in [0.15, 0.2) is 11.4 Å². The molecule has 10 nitrogen and oxygen atoms in total. The van der Waals surface area contributed by atoms with Gasteiger partial charge in [-0.1, -0.05) is 0 Å². The van der Waals surface area contributed by atoms with Gasteiger partial charge in [-0.25, -0.2) is 0 Å². The number of anilines is 1. The van der Waals surface area contributed by atoms with E-state index in [9.17, 15) is 34.8 Å². The maximum atomic E-state index is 13.9. The van der Waals surface area contributed by atoms with Crippen LogP contribution in [0, 0.1) is 11.8 Å². The lowest BCUT2D eigenvalue weighted by atomic mass is 9.57. The Morgan fingerprint density at radius 3 is 2.48 bits per heavy atom. The predicted octanol–water partition coefficient (Wildman–Crippen LogP) is 0.0300. The monoisotopic (exact) mass is 464 g/mol. The number of phenols is 1. The molecule has 1 amide bonds. The van der Waals surface area contributed by atoms with Gasteiger partial charge in [0, 0.05) is 39.4 Å². The Balaban J connectivity index is 2.03. The fourth-order valence-corrected chi connectivity index (χ4v) is 5.20. The molecule has 10 heteroatoms. The minimum Gasteiger partial charge on any atom is -0.508 e. The van der Waals surface area contributed by atoms with E-state index in [1.807, 2.05) is 0 Å². The molecule has 0 spiro atoms. The SMILES string of the molecule is [2H]C([2H])([2H])N(c1ccc(O)c2c1C[C@H]1C[C@@H]3[C@](O)(C(=O)C1=C2O)C(O)=C(C(N)=O)C(=O)[C@@]3([2H])N(C)C)C([2H])([2H])[2H]. The quantitative estimate of drug-likeness (QED) is 0.388.